The number of aryl methyl sites for hydroxylation is 1. The van der Waals surface area contributed by atoms with Gasteiger partial charge < -0.3 is 19.3 Å². The highest BCUT2D eigenvalue weighted by atomic mass is 19.1. The van der Waals surface area contributed by atoms with Crippen LogP contribution >= 0.6 is 0 Å². The summed E-state index contributed by atoms with van der Waals surface area (Å²) in [7, 11) is 2.14. The molecule has 0 unspecified atom stereocenters. The second-order valence-electron chi connectivity index (χ2n) is 8.28. The van der Waals surface area contributed by atoms with Crippen molar-refractivity contribution in [3.63, 3.8) is 0 Å². The number of pyridine rings is 1. The van der Waals surface area contributed by atoms with E-state index in [1.807, 2.05) is 11.5 Å². The third-order valence-corrected chi connectivity index (χ3v) is 6.32. The van der Waals surface area contributed by atoms with E-state index in [2.05, 4.69) is 11.9 Å². The van der Waals surface area contributed by atoms with Gasteiger partial charge in [-0.1, -0.05) is 0 Å². The first-order chi connectivity index (χ1) is 14.0. The van der Waals surface area contributed by atoms with Crippen molar-refractivity contribution in [2.45, 2.75) is 32.7 Å². The summed E-state index contributed by atoms with van der Waals surface area (Å²) in [5, 5.41) is 0.288. The lowest BCUT2D eigenvalue weighted by Crippen LogP contribution is -3.12. The molecule has 6 nitrogen and oxygen atoms in total. The molecule has 0 bridgehead atoms. The maximum Gasteiger partial charge on any atom is 0.259 e. The number of hydrogen-bond acceptors (Lipinski definition) is 3. The topological polar surface area (TPSA) is 50.0 Å². The Morgan fingerprint density at radius 3 is 2.45 bits per heavy atom. The quantitative estimate of drug-likeness (QED) is 0.839. The van der Waals surface area contributed by atoms with E-state index in [1.54, 1.807) is 17.2 Å². The lowest BCUT2D eigenvalue weighted by Gasteiger charge is -2.32. The lowest BCUT2D eigenvalue weighted by atomic mass is 10.1. The van der Waals surface area contributed by atoms with E-state index in [0.717, 1.165) is 45.4 Å². The lowest BCUT2D eigenvalue weighted by molar-refractivity contribution is -0.880. The van der Waals surface area contributed by atoms with E-state index >= 15 is 4.39 Å². The van der Waals surface area contributed by atoms with Crippen LogP contribution in [0.4, 0.5) is 10.1 Å². The van der Waals surface area contributed by atoms with Gasteiger partial charge in [0.1, 0.15) is 11.4 Å². The number of nitrogens with zero attached hydrogens (tertiary/aromatic N) is 3. The average Bonchev–Trinajstić information content (AvgIpc) is 2.75. The van der Waals surface area contributed by atoms with Crippen LogP contribution < -0.4 is 15.2 Å². The van der Waals surface area contributed by atoms with Crippen LogP contribution in [0.15, 0.2) is 23.1 Å². The van der Waals surface area contributed by atoms with E-state index in [0.29, 0.717) is 30.8 Å². The number of carbonyl (C=O) groups is 1. The monoisotopic (exact) mass is 401 g/mol. The third-order valence-electron chi connectivity index (χ3n) is 6.32. The minimum atomic E-state index is -0.389. The number of anilines is 1. The Labute approximate surface area is 170 Å². The highest BCUT2D eigenvalue weighted by molar-refractivity contribution is 5.98. The zero-order valence-corrected chi connectivity index (χ0v) is 17.3. The molecule has 0 aliphatic carbocycles. The van der Waals surface area contributed by atoms with Crippen molar-refractivity contribution < 1.29 is 14.1 Å². The maximum atomic E-state index is 15.0. The summed E-state index contributed by atoms with van der Waals surface area (Å²) >= 11 is 0. The number of benzene rings is 1. The second-order valence-corrected chi connectivity index (χ2v) is 8.28. The fourth-order valence-electron chi connectivity index (χ4n) is 4.45. The third kappa shape index (κ3) is 3.75. The van der Waals surface area contributed by atoms with Crippen LogP contribution in [0.5, 0.6) is 0 Å². The van der Waals surface area contributed by atoms with Gasteiger partial charge in [-0.05, 0) is 38.3 Å². The number of amides is 1. The Morgan fingerprint density at radius 2 is 1.79 bits per heavy atom. The molecule has 0 saturated carbocycles. The number of fused-ring (bicyclic) bond motifs is 1. The fourth-order valence-corrected chi connectivity index (χ4v) is 4.45. The molecule has 7 heteroatoms. The number of piperazine rings is 1. The summed E-state index contributed by atoms with van der Waals surface area (Å²) in [6.45, 7) is 7.44. The molecule has 4 rings (SSSR count). The van der Waals surface area contributed by atoms with E-state index in [-0.39, 0.29) is 28.1 Å². The molecule has 1 amide bonds. The molecule has 2 aliphatic rings. The molecule has 0 atom stereocenters. The Bertz CT molecular complexity index is 973. The number of rotatable bonds is 3. The number of halogens is 1. The van der Waals surface area contributed by atoms with Crippen LogP contribution in [0.2, 0.25) is 0 Å². The van der Waals surface area contributed by atoms with Crippen molar-refractivity contribution in [1.82, 2.24) is 9.47 Å². The zero-order chi connectivity index (χ0) is 20.5. The number of aromatic nitrogens is 1. The molecular weight excluding hydrogens is 371 g/mol. The van der Waals surface area contributed by atoms with Crippen molar-refractivity contribution in [2.75, 3.05) is 51.2 Å². The van der Waals surface area contributed by atoms with Crippen molar-refractivity contribution in [2.24, 2.45) is 0 Å². The predicted molar refractivity (Wildman–Crippen MR) is 112 cm³/mol. The molecule has 0 spiro atoms. The summed E-state index contributed by atoms with van der Waals surface area (Å²) in [5.74, 6) is -0.621. The van der Waals surface area contributed by atoms with E-state index < -0.39 is 0 Å². The number of quaternary nitrogens is 1. The number of likely N-dealkylation sites (N-methyl/N-ethyl adjacent to an activating group) is 1. The Hall–Kier alpha value is -2.41. The summed E-state index contributed by atoms with van der Waals surface area (Å²) in [6.07, 6.45) is 4.71. The minimum Gasteiger partial charge on any atom is -0.358 e. The molecule has 2 aliphatic heterocycles. The van der Waals surface area contributed by atoms with Gasteiger partial charge in [0.2, 0.25) is 5.43 Å². The van der Waals surface area contributed by atoms with Crippen LogP contribution in [0.25, 0.3) is 10.9 Å². The fraction of sp³-hybridized carbons (Fsp3) is 0.545. The Kier molecular flexibility index (Phi) is 5.58. The first-order valence-electron chi connectivity index (χ1n) is 10.7. The highest BCUT2D eigenvalue weighted by Crippen LogP contribution is 2.26. The van der Waals surface area contributed by atoms with Crippen LogP contribution in [0.3, 0.4) is 0 Å². The maximum absolute atomic E-state index is 15.0. The molecule has 2 aromatic rings. The first-order valence-corrected chi connectivity index (χ1v) is 10.7. The first kappa shape index (κ1) is 19.9. The van der Waals surface area contributed by atoms with Crippen molar-refractivity contribution in [3.05, 3.63) is 39.9 Å². The zero-order valence-electron chi connectivity index (χ0n) is 17.3. The van der Waals surface area contributed by atoms with Gasteiger partial charge in [0.25, 0.3) is 5.91 Å². The molecule has 156 valence electrons. The summed E-state index contributed by atoms with van der Waals surface area (Å²) < 4.78 is 16.9. The Morgan fingerprint density at radius 1 is 1.10 bits per heavy atom. The van der Waals surface area contributed by atoms with Gasteiger partial charge in [0, 0.05) is 31.2 Å². The van der Waals surface area contributed by atoms with Gasteiger partial charge >= 0.3 is 0 Å². The predicted octanol–water partition coefficient (Wildman–Crippen LogP) is 1.12. The number of likely N-dealkylation sites (tertiary alicyclic amines) is 1. The van der Waals surface area contributed by atoms with Crippen molar-refractivity contribution in [1.29, 1.82) is 0 Å². The average molecular weight is 402 g/mol. The van der Waals surface area contributed by atoms with Crippen LogP contribution in [-0.2, 0) is 6.54 Å². The smallest absolute Gasteiger partial charge is 0.259 e. The molecule has 1 aromatic heterocycles. The number of carbonyl (C=O) groups excluding carboxylic acids is 1. The molecule has 0 radical (unpaired) electrons. The van der Waals surface area contributed by atoms with Crippen LogP contribution in [0.1, 0.15) is 36.5 Å². The van der Waals surface area contributed by atoms with Crippen LogP contribution in [0, 0.1) is 5.82 Å². The Balaban J connectivity index is 1.78. The normalized spacial score (nSPS) is 18.4. The number of piperidine rings is 1. The summed E-state index contributed by atoms with van der Waals surface area (Å²) in [6, 6.07) is 3.11. The van der Waals surface area contributed by atoms with E-state index in [4.69, 9.17) is 0 Å². The summed E-state index contributed by atoms with van der Waals surface area (Å²) in [5.41, 5.74) is 1.02. The second kappa shape index (κ2) is 8.14. The molecule has 1 N–H and O–H groups in total. The molecule has 29 heavy (non-hydrogen) atoms. The van der Waals surface area contributed by atoms with Crippen molar-refractivity contribution in [3.8, 4) is 0 Å². The molecule has 2 fully saturated rings. The standard InChI is InChI=1S/C22H29FN4O2/c1-3-25-15-17(22(29)27-7-5-4-6-8-27)21(28)16-13-18(23)20(14-19(16)25)26-11-9-24(2)10-12-26/h13-15H,3-12H2,1-2H3/p+1. The number of hydrogen-bond donors (Lipinski definition) is 1. The van der Waals surface area contributed by atoms with Gasteiger partial charge in [-0.3, -0.25) is 9.59 Å². The minimum absolute atomic E-state index is 0.150. The molecule has 2 saturated heterocycles. The van der Waals surface area contributed by atoms with E-state index in [1.165, 1.54) is 11.0 Å². The molecule has 1 aromatic carbocycles. The van der Waals surface area contributed by atoms with Gasteiger partial charge in [0.15, 0.2) is 0 Å². The van der Waals surface area contributed by atoms with Crippen molar-refractivity contribution >= 4 is 22.5 Å². The SMILES string of the molecule is CCn1cc(C(=O)N2CCCCC2)c(=O)c2cc(F)c(N3CC[NH+](C)CC3)cc21. The summed E-state index contributed by atoms with van der Waals surface area (Å²) in [4.78, 5) is 31.3. The van der Waals surface area contributed by atoms with E-state index in [9.17, 15) is 9.59 Å². The molecular formula is C22H30FN4O2+. The highest BCUT2D eigenvalue weighted by Gasteiger charge is 2.25. The van der Waals surface area contributed by atoms with Gasteiger partial charge in [-0.2, -0.15) is 0 Å². The molecule has 3 heterocycles. The van der Waals surface area contributed by atoms with Crippen LogP contribution in [-0.4, -0.2) is 61.7 Å². The largest absolute Gasteiger partial charge is 0.358 e. The van der Waals surface area contributed by atoms with Gasteiger partial charge in [-0.25, -0.2) is 4.39 Å². The number of nitrogens with one attached hydrogen (secondary N) is 1. The van der Waals surface area contributed by atoms with Gasteiger partial charge in [-0.15, -0.1) is 0 Å². The van der Waals surface area contributed by atoms with Gasteiger partial charge in [0.05, 0.1) is 44.4 Å².